The average Bonchev–Trinajstić information content (AvgIpc) is 3.09. The van der Waals surface area contributed by atoms with Crippen molar-refractivity contribution in [2.75, 3.05) is 6.54 Å². The fraction of sp³-hybridized carbons (Fsp3) is 0.577. The molecule has 8 nitrogen and oxygen atoms in total. The Morgan fingerprint density at radius 2 is 1.74 bits per heavy atom. The minimum atomic E-state index is -1.83. The number of hydrogen-bond donors (Lipinski definition) is 0. The van der Waals surface area contributed by atoms with Crippen LogP contribution in [0.25, 0.3) is 0 Å². The zero-order chi connectivity index (χ0) is 26.4. The molecule has 3 atom stereocenters. The number of benzene rings is 1. The van der Waals surface area contributed by atoms with E-state index in [1.807, 2.05) is 30.3 Å². The van der Waals surface area contributed by atoms with E-state index in [9.17, 15) is 14.4 Å². The van der Waals surface area contributed by atoms with E-state index in [4.69, 9.17) is 14.3 Å². The van der Waals surface area contributed by atoms with Crippen LogP contribution < -0.4 is 0 Å². The molecule has 1 amide bonds. The van der Waals surface area contributed by atoms with Crippen molar-refractivity contribution < 1.29 is 28.7 Å². The topological polar surface area (TPSA) is 85.4 Å². The molecule has 1 aromatic rings. The first-order chi connectivity index (χ1) is 16.1. The summed E-state index contributed by atoms with van der Waals surface area (Å²) in [6.45, 7) is 14.9. The summed E-state index contributed by atoms with van der Waals surface area (Å²) in [5.41, 5.74) is 3.59. The fourth-order valence-electron chi connectivity index (χ4n) is 3.74. The van der Waals surface area contributed by atoms with E-state index in [1.165, 1.54) is 18.9 Å². The summed E-state index contributed by atoms with van der Waals surface area (Å²) in [5.74, 6) is 2.41. The van der Waals surface area contributed by atoms with Gasteiger partial charge in [0, 0.05) is 20.3 Å². The van der Waals surface area contributed by atoms with E-state index in [1.54, 1.807) is 25.7 Å². The van der Waals surface area contributed by atoms with Crippen molar-refractivity contribution in [2.24, 2.45) is 0 Å². The highest BCUT2D eigenvalue weighted by Crippen LogP contribution is 2.29. The van der Waals surface area contributed by atoms with Gasteiger partial charge in [-0.1, -0.05) is 55.9 Å². The van der Waals surface area contributed by atoms with E-state index in [-0.39, 0.29) is 13.1 Å². The van der Waals surface area contributed by atoms with Gasteiger partial charge in [-0.3, -0.25) is 14.5 Å². The summed E-state index contributed by atoms with van der Waals surface area (Å²) < 4.78 is 11.1. The van der Waals surface area contributed by atoms with Crippen LogP contribution in [0.3, 0.4) is 0 Å². The summed E-state index contributed by atoms with van der Waals surface area (Å²) in [6.07, 6.45) is -0.701. The van der Waals surface area contributed by atoms with Crippen LogP contribution in [0.2, 0.25) is 19.6 Å². The highest BCUT2D eigenvalue weighted by molar-refractivity contribution is 6.83. The minimum absolute atomic E-state index is 0.170. The number of esters is 1. The van der Waals surface area contributed by atoms with Crippen LogP contribution in [0.4, 0.5) is 4.79 Å². The number of amides is 1. The van der Waals surface area contributed by atoms with E-state index >= 15 is 0 Å². The molecule has 0 radical (unpaired) electrons. The number of likely N-dealkylation sites (tertiary alicyclic amines) is 1. The van der Waals surface area contributed by atoms with Gasteiger partial charge in [0.2, 0.25) is 0 Å². The van der Waals surface area contributed by atoms with Crippen molar-refractivity contribution in [3.8, 4) is 11.5 Å². The number of carbonyl (C=O) groups excluding carboxylic acids is 3. The summed E-state index contributed by atoms with van der Waals surface area (Å²) in [5, 5.41) is 1.53. The van der Waals surface area contributed by atoms with Crippen LogP contribution in [0.15, 0.2) is 30.3 Å². The SMILES string of the molecule is CC(=O)O[C@@H]1C[C@@H]([C@H](C#C[Si](C)(C)C)N(Cc2ccccc2)OC(C)=O)N(C(=O)OC(C)(C)C)C1. The largest absolute Gasteiger partial charge is 0.461 e. The lowest BCUT2D eigenvalue weighted by Gasteiger charge is -2.35. The van der Waals surface area contributed by atoms with Crippen LogP contribution in [0.1, 0.15) is 46.6 Å². The van der Waals surface area contributed by atoms with Crippen LogP contribution in [-0.4, -0.2) is 66.4 Å². The predicted molar refractivity (Wildman–Crippen MR) is 136 cm³/mol. The number of hydroxylamine groups is 2. The molecule has 1 aliphatic heterocycles. The summed E-state index contributed by atoms with van der Waals surface area (Å²) in [4.78, 5) is 44.2. The number of ether oxygens (including phenoxy) is 2. The molecule has 9 heteroatoms. The standard InChI is InChI=1S/C26H38N2O6Si/c1-19(29)32-22-16-24(27(18-22)25(31)33-26(3,4)5)23(14-15-35(6,7)8)28(34-20(2)30)17-21-12-10-9-11-13-21/h9-13,22-24H,16-18H2,1-8H3/t22-,23+,24+/m1/s1. The van der Waals surface area contributed by atoms with E-state index < -0.39 is 49.9 Å². The van der Waals surface area contributed by atoms with Crippen LogP contribution in [0, 0.1) is 11.5 Å². The van der Waals surface area contributed by atoms with Crippen LogP contribution in [-0.2, 0) is 30.4 Å². The molecule has 1 fully saturated rings. The Labute approximate surface area is 209 Å². The van der Waals surface area contributed by atoms with Crippen molar-refractivity contribution in [3.63, 3.8) is 0 Å². The molecule has 0 spiro atoms. The molecule has 0 aliphatic carbocycles. The van der Waals surface area contributed by atoms with E-state index in [0.29, 0.717) is 6.42 Å². The van der Waals surface area contributed by atoms with Gasteiger partial charge in [-0.05, 0) is 26.3 Å². The van der Waals surface area contributed by atoms with Gasteiger partial charge in [0.05, 0.1) is 19.1 Å². The van der Waals surface area contributed by atoms with Gasteiger partial charge in [0.15, 0.2) is 0 Å². The number of nitrogens with zero attached hydrogens (tertiary/aromatic N) is 2. The first kappa shape index (κ1) is 28.4. The Morgan fingerprint density at radius 1 is 1.11 bits per heavy atom. The lowest BCUT2D eigenvalue weighted by Crippen LogP contribution is -2.51. The molecule has 1 saturated heterocycles. The molecule has 0 unspecified atom stereocenters. The lowest BCUT2D eigenvalue weighted by molar-refractivity contribution is -0.201. The Hall–Kier alpha value is -2.83. The van der Waals surface area contributed by atoms with E-state index in [0.717, 1.165) is 5.56 Å². The van der Waals surface area contributed by atoms with Crippen molar-refractivity contribution in [2.45, 2.75) is 91.0 Å². The van der Waals surface area contributed by atoms with Gasteiger partial charge in [-0.25, -0.2) is 4.79 Å². The third kappa shape index (κ3) is 9.74. The molecule has 0 aromatic heterocycles. The Morgan fingerprint density at radius 3 is 2.26 bits per heavy atom. The molecule has 0 saturated carbocycles. The van der Waals surface area contributed by atoms with Crippen molar-refractivity contribution in [1.29, 1.82) is 0 Å². The first-order valence-corrected chi connectivity index (χ1v) is 15.3. The first-order valence-electron chi connectivity index (χ1n) is 11.8. The van der Waals surface area contributed by atoms with Crippen LogP contribution >= 0.6 is 0 Å². The van der Waals surface area contributed by atoms with Gasteiger partial charge in [0.1, 0.15) is 25.8 Å². The van der Waals surface area contributed by atoms with Crippen LogP contribution in [0.5, 0.6) is 0 Å². The molecular weight excluding hydrogens is 464 g/mol. The molecule has 0 bridgehead atoms. The van der Waals surface area contributed by atoms with Crippen molar-refractivity contribution in [3.05, 3.63) is 35.9 Å². The molecule has 1 heterocycles. The second kappa shape index (κ2) is 11.7. The summed E-state index contributed by atoms with van der Waals surface area (Å²) in [6, 6.07) is 8.41. The molecule has 0 N–H and O–H groups in total. The maximum absolute atomic E-state index is 13.2. The second-order valence-corrected chi connectivity index (χ2v) is 15.5. The minimum Gasteiger partial charge on any atom is -0.461 e. The summed E-state index contributed by atoms with van der Waals surface area (Å²) >= 11 is 0. The van der Waals surface area contributed by atoms with Gasteiger partial charge in [-0.15, -0.1) is 10.6 Å². The molecule has 1 aliphatic rings. The predicted octanol–water partition coefficient (Wildman–Crippen LogP) is 4.16. The third-order valence-corrected chi connectivity index (χ3v) is 5.86. The highest BCUT2D eigenvalue weighted by atomic mass is 28.3. The maximum atomic E-state index is 13.2. The average molecular weight is 503 g/mol. The lowest BCUT2D eigenvalue weighted by atomic mass is 10.0. The Kier molecular flexibility index (Phi) is 9.52. The number of rotatable bonds is 6. The van der Waals surface area contributed by atoms with Crippen molar-refractivity contribution >= 4 is 26.1 Å². The zero-order valence-corrected chi connectivity index (χ0v) is 23.1. The smallest absolute Gasteiger partial charge is 0.410 e. The highest BCUT2D eigenvalue weighted by Gasteiger charge is 2.45. The Balaban J connectivity index is 2.53. The second-order valence-electron chi connectivity index (χ2n) is 10.8. The fourth-order valence-corrected chi connectivity index (χ4v) is 4.32. The summed E-state index contributed by atoms with van der Waals surface area (Å²) in [7, 11) is -1.83. The van der Waals surface area contributed by atoms with Gasteiger partial charge < -0.3 is 14.3 Å². The van der Waals surface area contributed by atoms with Gasteiger partial charge in [0.25, 0.3) is 0 Å². The monoisotopic (exact) mass is 502 g/mol. The molecule has 35 heavy (non-hydrogen) atoms. The van der Waals surface area contributed by atoms with Gasteiger partial charge >= 0.3 is 18.0 Å². The quantitative estimate of drug-likeness (QED) is 0.250. The molecule has 2 rings (SSSR count). The number of carbonyl (C=O) groups is 3. The zero-order valence-electron chi connectivity index (χ0n) is 22.1. The maximum Gasteiger partial charge on any atom is 0.410 e. The van der Waals surface area contributed by atoms with Crippen molar-refractivity contribution in [1.82, 2.24) is 9.96 Å². The number of hydrogen-bond acceptors (Lipinski definition) is 7. The molecular formula is C26H38N2O6Si. The Bertz CT molecular complexity index is 958. The molecule has 192 valence electrons. The normalized spacial score (nSPS) is 18.9. The van der Waals surface area contributed by atoms with Gasteiger partial charge in [-0.2, -0.15) is 0 Å². The van der Waals surface area contributed by atoms with E-state index in [2.05, 4.69) is 31.1 Å². The molecule has 1 aromatic carbocycles. The third-order valence-electron chi connectivity index (χ3n) is 4.96.